The van der Waals surface area contributed by atoms with Gasteiger partial charge in [-0.15, -0.1) is 0 Å². The van der Waals surface area contributed by atoms with Crippen molar-refractivity contribution in [2.45, 2.75) is 199 Å². The van der Waals surface area contributed by atoms with Gasteiger partial charge in [-0.3, -0.25) is 72.5 Å². The monoisotopic (exact) mass is 1630 g/mol. The van der Waals surface area contributed by atoms with Gasteiger partial charge in [0, 0.05) is 106 Å². The first-order valence-electron chi connectivity index (χ1n) is 38.9. The smallest absolute Gasteiger partial charge is 0.231 e. The minimum atomic E-state index is -0.639. The molecule has 5 aromatic carbocycles. The van der Waals surface area contributed by atoms with Crippen LogP contribution in [0.1, 0.15) is 244 Å². The molecular weight excluding hydrogens is 1520 g/mol. The lowest BCUT2D eigenvalue weighted by Gasteiger charge is -2.19. The SMILES string of the molecule is CC(=O)C(C)(C)N.CC(=O)C(C)=O.CC(=O)C1=CC=CC1.CC(=O)C1CCCCC1.CC(=O)CC1CCCCC1.CC(=O)COc1ccccc1.CC(=O)Cc1ccncc1.CC(=O)c1cc2ccccc2[nH]1.CC(=O)c1ccc(CS)cc1.CC(=O)c1ccc2c(c1)OCO2.CC(=O)c1cnc2ccccc2n1.CC(=O)c1cnccn1. The van der Waals surface area contributed by atoms with Crippen LogP contribution in [0.3, 0.4) is 0 Å². The number of nitrogens with one attached hydrogen (secondary N) is 1. The normalized spacial score (nSPS) is 12.4. The summed E-state index contributed by atoms with van der Waals surface area (Å²) in [6, 6.07) is 42.9. The predicted molar refractivity (Wildman–Crippen MR) is 465 cm³/mol. The molecule has 5 heterocycles. The molecular formula is C94H115N7O16S. The number of H-pyrrole nitrogens is 1. The molecule has 628 valence electrons. The highest BCUT2D eigenvalue weighted by molar-refractivity contribution is 7.79. The van der Waals surface area contributed by atoms with E-state index in [1.165, 1.54) is 125 Å². The number of allylic oxidation sites excluding steroid dienone is 4. The third-order valence-electron chi connectivity index (χ3n) is 17.5. The zero-order chi connectivity index (χ0) is 88.1. The molecule has 1 aliphatic heterocycles. The van der Waals surface area contributed by atoms with Gasteiger partial charge in [0.05, 0.1) is 34.7 Å². The van der Waals surface area contributed by atoms with E-state index in [0.717, 1.165) is 87.3 Å². The fraction of sp³-hybridized carbons (Fsp3) is 0.362. The summed E-state index contributed by atoms with van der Waals surface area (Å²) in [4.78, 5) is 160. The van der Waals surface area contributed by atoms with E-state index in [0.29, 0.717) is 58.0 Å². The number of thiol groups is 1. The molecule has 4 aliphatic rings. The first-order chi connectivity index (χ1) is 55.9. The lowest BCUT2D eigenvalue weighted by molar-refractivity contribution is -0.134. The summed E-state index contributed by atoms with van der Waals surface area (Å²) < 4.78 is 15.3. The number of nitrogens with two attached hydrogens (primary N) is 1. The standard InChI is InChI=1S/C10H8N2O.C10H9NO.C9H8O3.C9H10O2.C9H10OS.C9H16O.C8H9NO.C8H14O.C7H8O.C6H6N2O.C5H11NO.C4H6O2/c1-7(13)10-6-11-8-4-2-3-5-9(8)12-10;1-7(12)10-6-8-4-2-3-5-9(8)11-10;1-6(10)7-2-3-8-9(4-7)12-5-11-8;1-8(10)7-11-9-5-3-2-4-6-9;1-7(10)9-4-2-8(6-11)3-5-9;1-8(10)7-9-5-3-2-4-6-9;1-7(10)6-8-2-4-9-5-3-8;1-7(9)8-5-3-2-4-6-8;1-6(8)7-4-2-3-5-7;1-5(9)6-4-7-2-3-8-6;1-4(7)5(2,3)6;1-3(5)4(2)6/h2-6H,1H3;2-6,11H,1H3;2-4H,5H2,1H3;2-6H,7H2,1H3;2-5,11H,6H2,1H3;9H,2-7H2,1H3;2-5H,6H2,1H3;8H,2-6H2,1H3;2-4H,5H2,1H3;2-4H,1H3;6H2,1-3H3;1-2H3. The molecule has 13 rings (SSSR count). The van der Waals surface area contributed by atoms with Crippen LogP contribution < -0.4 is 19.9 Å². The number of hydrogen-bond acceptors (Lipinski definition) is 23. The maximum absolute atomic E-state index is 11.0. The molecule has 4 aromatic heterocycles. The number of fused-ring (bicyclic) bond motifs is 3. The summed E-state index contributed by atoms with van der Waals surface area (Å²) >= 11 is 4.11. The molecule has 0 spiro atoms. The van der Waals surface area contributed by atoms with Gasteiger partial charge in [-0.1, -0.05) is 142 Å². The van der Waals surface area contributed by atoms with E-state index in [4.69, 9.17) is 19.9 Å². The molecule has 0 unspecified atom stereocenters. The van der Waals surface area contributed by atoms with Crippen molar-refractivity contribution >= 4 is 110 Å². The highest BCUT2D eigenvalue weighted by atomic mass is 32.1. The number of Topliss-reactive ketones (excluding diaryl/α,β-unsaturated/α-hetero) is 13. The molecule has 2 saturated carbocycles. The number of pyridine rings is 1. The summed E-state index contributed by atoms with van der Waals surface area (Å²) in [6.07, 6.45) is 30.1. The number of para-hydroxylation sites is 4. The van der Waals surface area contributed by atoms with Crippen LogP contribution in [0.25, 0.3) is 21.9 Å². The van der Waals surface area contributed by atoms with Crippen molar-refractivity contribution in [3.05, 3.63) is 240 Å². The summed E-state index contributed by atoms with van der Waals surface area (Å²) in [5, 5.41) is 1.09. The molecule has 0 atom stereocenters. The Hall–Kier alpha value is -11.9. The van der Waals surface area contributed by atoms with E-state index in [2.05, 4.69) is 42.5 Å². The maximum atomic E-state index is 11.0. The molecule has 0 saturated heterocycles. The van der Waals surface area contributed by atoms with Crippen LogP contribution in [0.2, 0.25) is 0 Å². The Morgan fingerprint density at radius 2 is 1.06 bits per heavy atom. The van der Waals surface area contributed by atoms with Crippen LogP contribution in [0.4, 0.5) is 0 Å². The molecule has 0 radical (unpaired) electrons. The summed E-state index contributed by atoms with van der Waals surface area (Å²) in [5.74, 6) is 4.51. The summed E-state index contributed by atoms with van der Waals surface area (Å²) in [7, 11) is 0. The largest absolute Gasteiger partial charge is 0.486 e. The Bertz CT molecular complexity index is 4710. The Labute approximate surface area is 699 Å². The van der Waals surface area contributed by atoms with Crippen molar-refractivity contribution in [2.24, 2.45) is 17.6 Å². The quantitative estimate of drug-likeness (QED) is 0.0433. The van der Waals surface area contributed by atoms with Gasteiger partial charge >= 0.3 is 0 Å². The van der Waals surface area contributed by atoms with E-state index >= 15 is 0 Å². The second-order valence-corrected chi connectivity index (χ2v) is 28.8. The minimum absolute atomic E-state index is 0.0208. The van der Waals surface area contributed by atoms with Crippen LogP contribution >= 0.6 is 12.6 Å². The number of rotatable bonds is 17. The zero-order valence-corrected chi connectivity index (χ0v) is 71.6. The highest BCUT2D eigenvalue weighted by Gasteiger charge is 2.19. The number of carbonyl (C=O) groups is 13. The average Bonchev–Trinajstić information content (AvgIpc) is 1.56. The zero-order valence-electron chi connectivity index (χ0n) is 70.7. The van der Waals surface area contributed by atoms with E-state index in [9.17, 15) is 62.3 Å². The van der Waals surface area contributed by atoms with Crippen molar-refractivity contribution in [1.29, 1.82) is 0 Å². The molecule has 24 heteroatoms. The molecule has 3 aliphatic carbocycles. The third kappa shape index (κ3) is 45.4. The van der Waals surface area contributed by atoms with E-state index in [-0.39, 0.29) is 77.0 Å². The lowest BCUT2D eigenvalue weighted by Crippen LogP contribution is -2.39. The van der Waals surface area contributed by atoms with Crippen molar-refractivity contribution in [2.75, 3.05) is 13.4 Å². The number of ketones is 13. The van der Waals surface area contributed by atoms with E-state index < -0.39 is 5.54 Å². The first-order valence-corrected chi connectivity index (χ1v) is 39.5. The number of aromatic nitrogens is 6. The Morgan fingerprint density at radius 1 is 0.508 bits per heavy atom. The number of carbonyl (C=O) groups excluding carboxylic acids is 13. The van der Waals surface area contributed by atoms with Crippen LogP contribution in [0.5, 0.6) is 17.2 Å². The van der Waals surface area contributed by atoms with Gasteiger partial charge in [0.25, 0.3) is 0 Å². The van der Waals surface area contributed by atoms with Gasteiger partial charge in [-0.25, -0.2) is 9.97 Å². The number of benzene rings is 5. The number of nitrogens with zero attached hydrogens (tertiary/aromatic N) is 5. The fourth-order valence-corrected chi connectivity index (χ4v) is 10.5. The second kappa shape index (κ2) is 57.2. The van der Waals surface area contributed by atoms with Crippen LogP contribution in [-0.4, -0.2) is 124 Å². The lowest BCUT2D eigenvalue weighted by atomic mass is 9.86. The molecule has 0 bridgehead atoms. The van der Waals surface area contributed by atoms with Crippen molar-refractivity contribution < 1.29 is 76.5 Å². The van der Waals surface area contributed by atoms with Crippen molar-refractivity contribution in [1.82, 2.24) is 29.9 Å². The number of hydrogen-bond donors (Lipinski definition) is 3. The first kappa shape index (κ1) is 102. The van der Waals surface area contributed by atoms with Crippen LogP contribution in [-0.2, 0) is 50.5 Å². The van der Waals surface area contributed by atoms with E-state index in [1.807, 2.05) is 140 Å². The van der Waals surface area contributed by atoms with Gasteiger partial charge in [-0.2, -0.15) is 12.6 Å². The molecule has 118 heavy (non-hydrogen) atoms. The average molecular weight is 1630 g/mol. The van der Waals surface area contributed by atoms with Gasteiger partial charge in [0.15, 0.2) is 63.5 Å². The van der Waals surface area contributed by atoms with Gasteiger partial charge < -0.3 is 29.7 Å². The third-order valence-corrected chi connectivity index (χ3v) is 17.8. The highest BCUT2D eigenvalue weighted by Crippen LogP contribution is 2.33. The Balaban J connectivity index is 0.000000439. The van der Waals surface area contributed by atoms with Crippen LogP contribution in [0.15, 0.2) is 201 Å². The van der Waals surface area contributed by atoms with Crippen LogP contribution in [0, 0.1) is 11.8 Å². The summed E-state index contributed by atoms with van der Waals surface area (Å²) in [5.41, 5.74) is 13.3. The number of aromatic amines is 1. The molecule has 2 fully saturated rings. The molecule has 0 amide bonds. The van der Waals surface area contributed by atoms with Gasteiger partial charge in [0.2, 0.25) is 6.79 Å². The van der Waals surface area contributed by atoms with Gasteiger partial charge in [-0.05, 0) is 178 Å². The number of ether oxygens (including phenoxy) is 3. The second-order valence-electron chi connectivity index (χ2n) is 28.5. The fourth-order valence-electron chi connectivity index (χ4n) is 10.3. The van der Waals surface area contributed by atoms with Crippen molar-refractivity contribution in [3.8, 4) is 17.2 Å². The minimum Gasteiger partial charge on any atom is -0.486 e. The maximum Gasteiger partial charge on any atom is 0.231 e. The Kier molecular flexibility index (Phi) is 49.5. The molecule has 3 N–H and O–H groups in total. The Morgan fingerprint density at radius 3 is 1.51 bits per heavy atom. The molecule has 9 aromatic rings. The summed E-state index contributed by atoms with van der Waals surface area (Å²) in [6.45, 7) is 23.5. The molecule has 23 nitrogen and oxygen atoms in total. The van der Waals surface area contributed by atoms with E-state index in [1.54, 1.807) is 86.0 Å². The van der Waals surface area contributed by atoms with Gasteiger partial charge in [0.1, 0.15) is 46.9 Å². The van der Waals surface area contributed by atoms with Crippen molar-refractivity contribution in [3.63, 3.8) is 0 Å². The topological polar surface area (TPSA) is 356 Å². The predicted octanol–water partition coefficient (Wildman–Crippen LogP) is 18.3.